The van der Waals surface area contributed by atoms with Gasteiger partial charge in [0.15, 0.2) is 0 Å². The quantitative estimate of drug-likeness (QED) is 0.452. The van der Waals surface area contributed by atoms with Crippen LogP contribution in [-0.2, 0) is 14.8 Å². The predicted molar refractivity (Wildman–Crippen MR) is 135 cm³/mol. The van der Waals surface area contributed by atoms with Gasteiger partial charge in [-0.3, -0.25) is 9.10 Å². The Morgan fingerprint density at radius 3 is 2.06 bits per heavy atom. The summed E-state index contributed by atoms with van der Waals surface area (Å²) < 4.78 is 44.1. The third kappa shape index (κ3) is 6.05. The lowest BCUT2D eigenvalue weighted by atomic mass is 10.1. The molecule has 0 fully saturated rings. The molecular formula is C26H30N2O6S. The van der Waals surface area contributed by atoms with Crippen LogP contribution in [0.4, 0.5) is 5.69 Å². The second-order valence-electron chi connectivity index (χ2n) is 7.92. The molecule has 0 saturated carbocycles. The number of aryl methyl sites for hydroxylation is 1. The minimum atomic E-state index is -4.04. The van der Waals surface area contributed by atoms with Gasteiger partial charge in [-0.15, -0.1) is 0 Å². The normalized spacial score (nSPS) is 11.9. The van der Waals surface area contributed by atoms with E-state index in [0.29, 0.717) is 28.5 Å². The van der Waals surface area contributed by atoms with Crippen LogP contribution in [0.3, 0.4) is 0 Å². The van der Waals surface area contributed by atoms with Crippen LogP contribution in [-0.4, -0.2) is 42.2 Å². The Balaban J connectivity index is 1.90. The molecule has 0 bridgehead atoms. The fourth-order valence-electron chi connectivity index (χ4n) is 3.57. The maximum absolute atomic E-state index is 13.6. The highest BCUT2D eigenvalue weighted by Gasteiger charge is 2.28. The first-order valence-electron chi connectivity index (χ1n) is 10.9. The number of ether oxygens (including phenoxy) is 3. The summed E-state index contributed by atoms with van der Waals surface area (Å²) >= 11 is 0. The largest absolute Gasteiger partial charge is 0.497 e. The molecule has 186 valence electrons. The van der Waals surface area contributed by atoms with Crippen LogP contribution in [0, 0.1) is 6.92 Å². The minimum absolute atomic E-state index is 0.0502. The Kier molecular flexibility index (Phi) is 8.24. The highest BCUT2D eigenvalue weighted by Crippen LogP contribution is 2.30. The van der Waals surface area contributed by atoms with Crippen LogP contribution in [0.2, 0.25) is 0 Å². The number of carbonyl (C=O) groups is 1. The number of amides is 1. The summed E-state index contributed by atoms with van der Waals surface area (Å²) in [5.74, 6) is 1.26. The molecule has 0 spiro atoms. The Bertz CT molecular complexity index is 1260. The Morgan fingerprint density at radius 2 is 1.49 bits per heavy atom. The maximum Gasteiger partial charge on any atom is 0.264 e. The van der Waals surface area contributed by atoms with Gasteiger partial charge in [0.05, 0.1) is 38.0 Å². The van der Waals surface area contributed by atoms with E-state index in [9.17, 15) is 13.2 Å². The number of sulfonamides is 1. The number of benzene rings is 3. The van der Waals surface area contributed by atoms with Gasteiger partial charge in [0.1, 0.15) is 23.8 Å². The topological polar surface area (TPSA) is 94.2 Å². The summed E-state index contributed by atoms with van der Waals surface area (Å²) in [6.07, 6.45) is 0. The molecule has 1 N–H and O–H groups in total. The van der Waals surface area contributed by atoms with Crippen molar-refractivity contribution in [1.82, 2.24) is 5.32 Å². The highest BCUT2D eigenvalue weighted by molar-refractivity contribution is 7.92. The molecule has 0 unspecified atom stereocenters. The molecule has 0 radical (unpaired) electrons. The van der Waals surface area contributed by atoms with Gasteiger partial charge in [-0.1, -0.05) is 17.7 Å². The number of carbonyl (C=O) groups excluding carboxylic acids is 1. The maximum atomic E-state index is 13.6. The van der Waals surface area contributed by atoms with Crippen molar-refractivity contribution in [2.45, 2.75) is 24.8 Å². The van der Waals surface area contributed by atoms with Crippen molar-refractivity contribution >= 4 is 21.6 Å². The molecular weight excluding hydrogens is 468 g/mol. The lowest BCUT2D eigenvalue weighted by Gasteiger charge is -2.25. The summed E-state index contributed by atoms with van der Waals surface area (Å²) in [7, 11) is 0.562. The van der Waals surface area contributed by atoms with Gasteiger partial charge >= 0.3 is 0 Å². The van der Waals surface area contributed by atoms with Gasteiger partial charge < -0.3 is 19.5 Å². The smallest absolute Gasteiger partial charge is 0.264 e. The van der Waals surface area contributed by atoms with Crippen molar-refractivity contribution in [2.24, 2.45) is 0 Å². The van der Waals surface area contributed by atoms with Crippen molar-refractivity contribution in [3.8, 4) is 17.2 Å². The van der Waals surface area contributed by atoms with Crippen molar-refractivity contribution in [3.05, 3.63) is 77.9 Å². The second-order valence-corrected chi connectivity index (χ2v) is 9.78. The first-order chi connectivity index (χ1) is 16.7. The van der Waals surface area contributed by atoms with E-state index < -0.39 is 28.5 Å². The number of methoxy groups -OCH3 is 3. The molecule has 1 amide bonds. The van der Waals surface area contributed by atoms with Gasteiger partial charge in [-0.05, 0) is 68.4 Å². The van der Waals surface area contributed by atoms with Gasteiger partial charge in [-0.25, -0.2) is 8.42 Å². The fourth-order valence-corrected chi connectivity index (χ4v) is 5.00. The van der Waals surface area contributed by atoms with Gasteiger partial charge in [0.25, 0.3) is 10.0 Å². The summed E-state index contributed by atoms with van der Waals surface area (Å²) in [6.45, 7) is 3.29. The third-order valence-corrected chi connectivity index (χ3v) is 7.33. The number of nitrogens with zero attached hydrogens (tertiary/aromatic N) is 1. The fraction of sp³-hybridized carbons (Fsp3) is 0.269. The zero-order valence-corrected chi connectivity index (χ0v) is 21.3. The molecule has 0 aliphatic heterocycles. The van der Waals surface area contributed by atoms with Gasteiger partial charge in [0, 0.05) is 5.56 Å². The SMILES string of the molecule is COc1ccc(S(=O)(=O)N(CC(=O)N[C@@H](C)c2cc(OC)ccc2OC)c2ccc(C)cc2)cc1. The van der Waals surface area contributed by atoms with Gasteiger partial charge in [-0.2, -0.15) is 0 Å². The standard InChI is InChI=1S/C26H30N2O6S/c1-18-6-8-20(9-7-18)28(35(30,31)23-13-10-21(32-3)11-14-23)17-26(29)27-19(2)24-16-22(33-4)12-15-25(24)34-5/h6-16,19H,17H2,1-5H3,(H,27,29)/t19-/m0/s1. The van der Waals surface area contributed by atoms with E-state index >= 15 is 0 Å². The predicted octanol–water partition coefficient (Wildman–Crippen LogP) is 4.09. The van der Waals surface area contributed by atoms with E-state index in [0.717, 1.165) is 9.87 Å². The first kappa shape index (κ1) is 25.9. The molecule has 9 heteroatoms. The summed E-state index contributed by atoms with van der Waals surface area (Å²) in [4.78, 5) is 13.2. The number of hydrogen-bond acceptors (Lipinski definition) is 6. The Labute approximate surface area is 206 Å². The summed E-state index contributed by atoms with van der Waals surface area (Å²) in [5, 5.41) is 2.88. The van der Waals surface area contributed by atoms with Crippen LogP contribution in [0.15, 0.2) is 71.6 Å². The third-order valence-electron chi connectivity index (χ3n) is 5.54. The molecule has 35 heavy (non-hydrogen) atoms. The molecule has 3 aromatic rings. The van der Waals surface area contributed by atoms with Crippen molar-refractivity contribution in [1.29, 1.82) is 0 Å². The van der Waals surface area contributed by atoms with E-state index in [2.05, 4.69) is 5.32 Å². The van der Waals surface area contributed by atoms with E-state index in [1.807, 2.05) is 6.92 Å². The molecule has 3 rings (SSSR count). The average Bonchev–Trinajstić information content (AvgIpc) is 2.87. The number of anilines is 1. The molecule has 1 atom stereocenters. The molecule has 0 heterocycles. The Morgan fingerprint density at radius 1 is 0.886 bits per heavy atom. The highest BCUT2D eigenvalue weighted by atomic mass is 32.2. The van der Waals surface area contributed by atoms with Crippen LogP contribution in [0.25, 0.3) is 0 Å². The number of hydrogen-bond donors (Lipinski definition) is 1. The minimum Gasteiger partial charge on any atom is -0.497 e. The zero-order valence-electron chi connectivity index (χ0n) is 20.4. The van der Waals surface area contributed by atoms with Crippen LogP contribution < -0.4 is 23.8 Å². The van der Waals surface area contributed by atoms with Crippen LogP contribution in [0.5, 0.6) is 17.2 Å². The van der Waals surface area contributed by atoms with E-state index in [1.54, 1.807) is 75.7 Å². The van der Waals surface area contributed by atoms with Crippen molar-refractivity contribution in [2.75, 3.05) is 32.2 Å². The lowest BCUT2D eigenvalue weighted by molar-refractivity contribution is -0.120. The summed E-state index contributed by atoms with van der Waals surface area (Å²) in [6, 6.07) is 17.8. The number of nitrogens with one attached hydrogen (secondary N) is 1. The molecule has 3 aromatic carbocycles. The van der Waals surface area contributed by atoms with Crippen molar-refractivity contribution in [3.63, 3.8) is 0 Å². The molecule has 0 aliphatic rings. The molecule has 8 nitrogen and oxygen atoms in total. The number of rotatable bonds is 10. The molecule has 0 aromatic heterocycles. The van der Waals surface area contributed by atoms with E-state index in [1.165, 1.54) is 19.2 Å². The summed E-state index contributed by atoms with van der Waals surface area (Å²) in [5.41, 5.74) is 2.06. The molecule has 0 saturated heterocycles. The van der Waals surface area contributed by atoms with Crippen LogP contribution in [0.1, 0.15) is 24.1 Å². The van der Waals surface area contributed by atoms with Gasteiger partial charge in [0.2, 0.25) is 5.91 Å². The van der Waals surface area contributed by atoms with Crippen molar-refractivity contribution < 1.29 is 27.4 Å². The Hall–Kier alpha value is -3.72. The van der Waals surface area contributed by atoms with Crippen LogP contribution >= 0.6 is 0 Å². The zero-order chi connectivity index (χ0) is 25.6. The monoisotopic (exact) mass is 498 g/mol. The lowest BCUT2D eigenvalue weighted by Crippen LogP contribution is -2.41. The average molecular weight is 499 g/mol. The van der Waals surface area contributed by atoms with E-state index in [-0.39, 0.29) is 4.90 Å². The van der Waals surface area contributed by atoms with E-state index in [4.69, 9.17) is 14.2 Å². The second kappa shape index (κ2) is 11.1. The first-order valence-corrected chi connectivity index (χ1v) is 12.4. The molecule has 0 aliphatic carbocycles.